The van der Waals surface area contributed by atoms with E-state index in [0.717, 1.165) is 30.8 Å². The zero-order valence-corrected chi connectivity index (χ0v) is 20.4. The van der Waals surface area contributed by atoms with Crippen molar-refractivity contribution in [2.24, 2.45) is 0 Å². The largest absolute Gasteiger partial charge is 0.491 e. The molecule has 8 nitrogen and oxygen atoms in total. The molecule has 0 radical (unpaired) electrons. The van der Waals surface area contributed by atoms with Gasteiger partial charge in [0.25, 0.3) is 5.91 Å². The normalized spacial score (nSPS) is 15.2. The third-order valence-corrected chi connectivity index (χ3v) is 6.13. The van der Waals surface area contributed by atoms with Crippen LogP contribution in [0.25, 0.3) is 0 Å². The van der Waals surface area contributed by atoms with Gasteiger partial charge in [-0.25, -0.2) is 0 Å². The fourth-order valence-electron chi connectivity index (χ4n) is 4.25. The molecule has 2 N–H and O–H groups in total. The number of carbonyl (C=O) groups excluding carboxylic acids is 2. The van der Waals surface area contributed by atoms with E-state index in [2.05, 4.69) is 32.8 Å². The van der Waals surface area contributed by atoms with Crippen molar-refractivity contribution in [1.29, 1.82) is 0 Å². The number of para-hydroxylation sites is 1. The molecule has 0 saturated heterocycles. The maximum atomic E-state index is 13.0. The SMILES string of the molecule is CCn1cc(NC(=O)CN2CCOc3ccccc3C(=O)NCCCc3ccccc3C2)c(C)n1. The molecular formula is C27H33N5O3. The molecule has 1 aliphatic heterocycles. The van der Waals surface area contributed by atoms with Gasteiger partial charge in [-0.15, -0.1) is 0 Å². The van der Waals surface area contributed by atoms with Crippen LogP contribution in [0.3, 0.4) is 0 Å². The highest BCUT2D eigenvalue weighted by molar-refractivity contribution is 5.96. The average molecular weight is 476 g/mol. The number of amides is 2. The minimum Gasteiger partial charge on any atom is -0.491 e. The van der Waals surface area contributed by atoms with Crippen LogP contribution in [-0.4, -0.2) is 52.7 Å². The van der Waals surface area contributed by atoms with E-state index in [1.54, 1.807) is 12.1 Å². The van der Waals surface area contributed by atoms with Gasteiger partial charge in [0.1, 0.15) is 12.4 Å². The van der Waals surface area contributed by atoms with E-state index in [1.165, 1.54) is 11.1 Å². The van der Waals surface area contributed by atoms with Gasteiger partial charge >= 0.3 is 0 Å². The Balaban J connectivity index is 1.52. The van der Waals surface area contributed by atoms with Crippen LogP contribution in [0.2, 0.25) is 0 Å². The van der Waals surface area contributed by atoms with E-state index in [9.17, 15) is 9.59 Å². The van der Waals surface area contributed by atoms with E-state index in [-0.39, 0.29) is 18.4 Å². The highest BCUT2D eigenvalue weighted by atomic mass is 16.5. The van der Waals surface area contributed by atoms with Gasteiger partial charge < -0.3 is 15.4 Å². The smallest absolute Gasteiger partial charge is 0.255 e. The highest BCUT2D eigenvalue weighted by Gasteiger charge is 2.17. The summed E-state index contributed by atoms with van der Waals surface area (Å²) in [5.74, 6) is 0.321. The van der Waals surface area contributed by atoms with Gasteiger partial charge in [-0.05, 0) is 49.9 Å². The first-order valence-electron chi connectivity index (χ1n) is 12.2. The number of aryl methyl sites for hydroxylation is 3. The van der Waals surface area contributed by atoms with Gasteiger partial charge in [-0.3, -0.25) is 19.2 Å². The number of rotatable bonds is 4. The van der Waals surface area contributed by atoms with Gasteiger partial charge in [0.15, 0.2) is 0 Å². The summed E-state index contributed by atoms with van der Waals surface area (Å²) in [6.07, 6.45) is 3.54. The summed E-state index contributed by atoms with van der Waals surface area (Å²) in [7, 11) is 0. The van der Waals surface area contributed by atoms with Crippen molar-refractivity contribution in [3.63, 3.8) is 0 Å². The summed E-state index contributed by atoms with van der Waals surface area (Å²) in [5, 5.41) is 10.4. The third-order valence-electron chi connectivity index (χ3n) is 6.13. The van der Waals surface area contributed by atoms with Crippen molar-refractivity contribution in [1.82, 2.24) is 20.0 Å². The summed E-state index contributed by atoms with van der Waals surface area (Å²) in [6.45, 7) is 6.97. The number of nitrogens with one attached hydrogen (secondary N) is 2. The quantitative estimate of drug-likeness (QED) is 0.604. The van der Waals surface area contributed by atoms with E-state index in [1.807, 2.05) is 49.0 Å². The zero-order valence-electron chi connectivity index (χ0n) is 20.4. The Labute approximate surface area is 206 Å². The van der Waals surface area contributed by atoms with Gasteiger partial charge in [0, 0.05) is 32.4 Å². The Bertz CT molecular complexity index is 1170. The lowest BCUT2D eigenvalue weighted by Gasteiger charge is -2.24. The summed E-state index contributed by atoms with van der Waals surface area (Å²) < 4.78 is 7.82. The van der Waals surface area contributed by atoms with Crippen LogP contribution in [0.4, 0.5) is 5.69 Å². The first kappa shape index (κ1) is 24.5. The lowest BCUT2D eigenvalue weighted by molar-refractivity contribution is -0.117. The third kappa shape index (κ3) is 6.48. The second kappa shape index (κ2) is 11.7. The number of hydrogen-bond acceptors (Lipinski definition) is 5. The molecule has 0 spiro atoms. The maximum absolute atomic E-state index is 13.0. The molecule has 0 fully saturated rings. The number of nitrogens with zero attached hydrogens (tertiary/aromatic N) is 3. The van der Waals surface area contributed by atoms with E-state index >= 15 is 0 Å². The number of carbonyl (C=O) groups is 2. The fourth-order valence-corrected chi connectivity index (χ4v) is 4.25. The molecule has 0 atom stereocenters. The summed E-state index contributed by atoms with van der Waals surface area (Å²) >= 11 is 0. The molecule has 8 heteroatoms. The molecule has 0 unspecified atom stereocenters. The van der Waals surface area contributed by atoms with Crippen molar-refractivity contribution in [2.45, 2.75) is 39.8 Å². The van der Waals surface area contributed by atoms with Crippen molar-refractivity contribution in [2.75, 3.05) is 31.6 Å². The second-order valence-corrected chi connectivity index (χ2v) is 8.72. The lowest BCUT2D eigenvalue weighted by atomic mass is 10.0. The van der Waals surface area contributed by atoms with Crippen LogP contribution in [0, 0.1) is 6.92 Å². The molecule has 184 valence electrons. The van der Waals surface area contributed by atoms with Crippen LogP contribution in [0.5, 0.6) is 5.75 Å². The highest BCUT2D eigenvalue weighted by Crippen LogP contribution is 2.20. The van der Waals surface area contributed by atoms with Crippen molar-refractivity contribution in [3.8, 4) is 5.75 Å². The van der Waals surface area contributed by atoms with Crippen LogP contribution < -0.4 is 15.4 Å². The minimum absolute atomic E-state index is 0.0953. The molecular weight excluding hydrogens is 442 g/mol. The van der Waals surface area contributed by atoms with Crippen molar-refractivity contribution >= 4 is 17.5 Å². The Morgan fingerprint density at radius 2 is 1.91 bits per heavy atom. The van der Waals surface area contributed by atoms with Crippen molar-refractivity contribution in [3.05, 3.63) is 77.1 Å². The van der Waals surface area contributed by atoms with Gasteiger partial charge in [-0.2, -0.15) is 5.10 Å². The molecule has 3 aromatic rings. The second-order valence-electron chi connectivity index (χ2n) is 8.72. The van der Waals surface area contributed by atoms with E-state index in [4.69, 9.17) is 4.74 Å². The number of ether oxygens (including phenoxy) is 1. The Hall–Kier alpha value is -3.65. The Morgan fingerprint density at radius 1 is 1.14 bits per heavy atom. The molecule has 35 heavy (non-hydrogen) atoms. The molecule has 4 rings (SSSR count). The van der Waals surface area contributed by atoms with Gasteiger partial charge in [0.2, 0.25) is 5.91 Å². The summed E-state index contributed by atoms with van der Waals surface area (Å²) in [6, 6.07) is 15.6. The lowest BCUT2D eigenvalue weighted by Crippen LogP contribution is -2.36. The fraction of sp³-hybridized carbons (Fsp3) is 0.370. The Kier molecular flexibility index (Phi) is 8.15. The molecule has 1 aliphatic rings. The van der Waals surface area contributed by atoms with E-state index < -0.39 is 0 Å². The van der Waals surface area contributed by atoms with Gasteiger partial charge in [-0.1, -0.05) is 36.4 Å². The predicted molar refractivity (Wildman–Crippen MR) is 136 cm³/mol. The topological polar surface area (TPSA) is 88.5 Å². The summed E-state index contributed by atoms with van der Waals surface area (Å²) in [5.41, 5.74) is 4.46. The van der Waals surface area contributed by atoms with Crippen LogP contribution in [0.1, 0.15) is 40.5 Å². The van der Waals surface area contributed by atoms with Gasteiger partial charge in [0.05, 0.1) is 23.5 Å². The minimum atomic E-state index is -0.134. The monoisotopic (exact) mass is 475 g/mol. The molecule has 2 aromatic carbocycles. The molecule has 0 aliphatic carbocycles. The standard InChI is InChI=1S/C27H33N5O3/c1-3-32-18-24(20(2)30-32)29-26(33)19-31-15-16-35-25-13-7-6-12-23(25)27(34)28-14-8-11-21-9-4-5-10-22(21)17-31/h4-7,9-10,12-13,18H,3,8,11,14-17,19H2,1-2H3,(H,28,34)(H,29,33). The van der Waals surface area contributed by atoms with Crippen LogP contribution in [0.15, 0.2) is 54.7 Å². The maximum Gasteiger partial charge on any atom is 0.255 e. The van der Waals surface area contributed by atoms with E-state index in [0.29, 0.717) is 37.6 Å². The molecule has 1 aromatic heterocycles. The number of fused-ring (bicyclic) bond motifs is 2. The zero-order chi connectivity index (χ0) is 24.6. The van der Waals surface area contributed by atoms with Crippen molar-refractivity contribution < 1.29 is 14.3 Å². The molecule has 0 bridgehead atoms. The molecule has 2 amide bonds. The first-order valence-corrected chi connectivity index (χ1v) is 12.2. The number of benzene rings is 2. The van der Waals surface area contributed by atoms with Crippen LogP contribution >= 0.6 is 0 Å². The number of anilines is 1. The number of hydrogen-bond donors (Lipinski definition) is 2. The number of aromatic nitrogens is 2. The predicted octanol–water partition coefficient (Wildman–Crippen LogP) is 3.41. The molecule has 2 heterocycles. The Morgan fingerprint density at radius 3 is 2.71 bits per heavy atom. The van der Waals surface area contributed by atoms with Crippen LogP contribution in [-0.2, 0) is 24.3 Å². The average Bonchev–Trinajstić information content (AvgIpc) is 3.21. The first-order chi connectivity index (χ1) is 17.0. The summed E-state index contributed by atoms with van der Waals surface area (Å²) in [4.78, 5) is 27.8. The molecule has 0 saturated carbocycles.